The third-order valence-corrected chi connectivity index (χ3v) is 3.33. The second-order valence-corrected chi connectivity index (χ2v) is 7.02. The molecule has 0 atom stereocenters. The summed E-state index contributed by atoms with van der Waals surface area (Å²) in [5, 5.41) is 0. The fourth-order valence-corrected chi connectivity index (χ4v) is 2.47. The highest BCUT2D eigenvalue weighted by Gasteiger charge is 2.45. The Kier molecular flexibility index (Phi) is 5.48. The van der Waals surface area contributed by atoms with Gasteiger partial charge in [0.25, 0.3) is 0 Å². The topological polar surface area (TPSA) is 30.8 Å². The van der Waals surface area contributed by atoms with Crippen molar-refractivity contribution in [3.05, 3.63) is 0 Å². The molecule has 1 aliphatic carbocycles. The first-order chi connectivity index (χ1) is 7.91. The molecule has 100 valence electrons. The van der Waals surface area contributed by atoms with Gasteiger partial charge in [-0.15, -0.1) is 0 Å². The van der Waals surface area contributed by atoms with E-state index in [0.29, 0.717) is 19.1 Å². The maximum Gasteiger partial charge on any atom is 0.169 e. The normalized spacial score (nSPS) is 20.8. The maximum atomic E-state index is 5.69. The van der Waals surface area contributed by atoms with Gasteiger partial charge in [0.05, 0.1) is 0 Å². The summed E-state index contributed by atoms with van der Waals surface area (Å²) in [5.41, 5.74) is 0. The van der Waals surface area contributed by atoms with E-state index in [1.165, 1.54) is 0 Å². The van der Waals surface area contributed by atoms with Gasteiger partial charge in [0.15, 0.2) is 5.79 Å². The zero-order chi connectivity index (χ0) is 12.9. The van der Waals surface area contributed by atoms with Crippen molar-refractivity contribution < 1.29 is 9.47 Å². The van der Waals surface area contributed by atoms with Gasteiger partial charge in [0.2, 0.25) is 0 Å². The Balaban J connectivity index is 2.33. The first kappa shape index (κ1) is 15.0. The summed E-state index contributed by atoms with van der Waals surface area (Å²) >= 11 is 1.63. The largest absolute Gasteiger partial charge is 0.350 e. The summed E-state index contributed by atoms with van der Waals surface area (Å²) in [5.74, 6) is 0.176. The highest BCUT2D eigenvalue weighted by Crippen LogP contribution is 2.41. The molecule has 3 nitrogen and oxygen atoms in total. The van der Waals surface area contributed by atoms with Crippen molar-refractivity contribution in [2.24, 2.45) is 10.3 Å². The van der Waals surface area contributed by atoms with E-state index in [4.69, 9.17) is 9.47 Å². The Morgan fingerprint density at radius 2 is 1.76 bits per heavy atom. The molecule has 0 aromatic carbocycles. The van der Waals surface area contributed by atoms with Crippen LogP contribution in [0.5, 0.6) is 0 Å². The molecule has 0 aliphatic heterocycles. The minimum absolute atomic E-state index is 0.192. The van der Waals surface area contributed by atoms with Crippen LogP contribution >= 0.6 is 11.9 Å². The summed E-state index contributed by atoms with van der Waals surface area (Å²) in [4.78, 5) is 0. The lowest BCUT2D eigenvalue weighted by atomic mass is 9.79. The third kappa shape index (κ3) is 4.98. The number of rotatable bonds is 6. The average Bonchev–Trinajstić information content (AvgIpc) is 2.13. The summed E-state index contributed by atoms with van der Waals surface area (Å²) in [7, 11) is 0. The van der Waals surface area contributed by atoms with Crippen molar-refractivity contribution in [2.45, 2.75) is 58.0 Å². The Morgan fingerprint density at radius 3 is 2.18 bits per heavy atom. The van der Waals surface area contributed by atoms with Gasteiger partial charge in [0.1, 0.15) is 0 Å². The van der Waals surface area contributed by atoms with E-state index < -0.39 is 0 Å². The highest BCUT2D eigenvalue weighted by molar-refractivity contribution is 7.99. The fourth-order valence-electron chi connectivity index (χ4n) is 1.92. The minimum Gasteiger partial charge on any atom is -0.350 e. The van der Waals surface area contributed by atoms with E-state index >= 15 is 0 Å². The van der Waals surface area contributed by atoms with Crippen LogP contribution in [0.1, 0.15) is 47.5 Å². The predicted octanol–water partition coefficient (Wildman–Crippen LogP) is 3.68. The fraction of sp³-hybridized carbons (Fsp3) is 0.923. The van der Waals surface area contributed by atoms with Crippen LogP contribution in [0.3, 0.4) is 0 Å². The molecule has 1 aliphatic rings. The molecule has 0 spiro atoms. The van der Waals surface area contributed by atoms with Gasteiger partial charge in [0, 0.05) is 42.9 Å². The van der Waals surface area contributed by atoms with E-state index in [9.17, 15) is 0 Å². The average molecular weight is 259 g/mol. The van der Waals surface area contributed by atoms with Crippen LogP contribution in [-0.4, -0.2) is 30.0 Å². The third-order valence-electron chi connectivity index (χ3n) is 2.56. The minimum atomic E-state index is -0.327. The van der Waals surface area contributed by atoms with Gasteiger partial charge >= 0.3 is 0 Å². The van der Waals surface area contributed by atoms with Crippen molar-refractivity contribution in [1.82, 2.24) is 0 Å². The standard InChI is InChI=1S/C13H25NO2S/c1-6-15-13(16-7-2)8-11(9-13)10-14-17-12(3,4)5/h10-11H,6-9H2,1-5H3/b14-10+. The zero-order valence-electron chi connectivity index (χ0n) is 11.7. The summed E-state index contributed by atoms with van der Waals surface area (Å²) < 4.78 is 16.0. The molecule has 17 heavy (non-hydrogen) atoms. The van der Waals surface area contributed by atoms with Gasteiger partial charge in [-0.25, -0.2) is 4.40 Å². The van der Waals surface area contributed by atoms with Crippen LogP contribution < -0.4 is 0 Å². The van der Waals surface area contributed by atoms with Crippen LogP contribution in [0.15, 0.2) is 4.40 Å². The number of hydrogen-bond donors (Lipinski definition) is 0. The van der Waals surface area contributed by atoms with Crippen LogP contribution in [0.2, 0.25) is 0 Å². The van der Waals surface area contributed by atoms with E-state index in [1.54, 1.807) is 11.9 Å². The van der Waals surface area contributed by atoms with Crippen molar-refractivity contribution >= 4 is 18.2 Å². The molecule has 0 amide bonds. The molecule has 0 heterocycles. The Bertz CT molecular complexity index is 247. The lowest BCUT2D eigenvalue weighted by Crippen LogP contribution is -2.49. The molecule has 1 saturated carbocycles. The molecule has 0 aromatic heterocycles. The number of nitrogens with zero attached hydrogens (tertiary/aromatic N) is 1. The molecule has 0 aromatic rings. The first-order valence-corrected chi connectivity index (χ1v) is 7.18. The first-order valence-electron chi connectivity index (χ1n) is 6.40. The molecule has 1 rings (SSSR count). The van der Waals surface area contributed by atoms with E-state index in [2.05, 4.69) is 25.2 Å². The molecule has 0 saturated heterocycles. The number of hydrogen-bond acceptors (Lipinski definition) is 4. The zero-order valence-corrected chi connectivity index (χ0v) is 12.5. The van der Waals surface area contributed by atoms with Gasteiger partial charge < -0.3 is 9.47 Å². The van der Waals surface area contributed by atoms with Gasteiger partial charge in [-0.05, 0) is 46.6 Å². The smallest absolute Gasteiger partial charge is 0.169 e. The van der Waals surface area contributed by atoms with Gasteiger partial charge in [-0.1, -0.05) is 0 Å². The van der Waals surface area contributed by atoms with Crippen molar-refractivity contribution in [1.29, 1.82) is 0 Å². The van der Waals surface area contributed by atoms with E-state index in [-0.39, 0.29) is 10.5 Å². The molecule has 4 heteroatoms. The maximum absolute atomic E-state index is 5.69. The predicted molar refractivity (Wildman–Crippen MR) is 74.5 cm³/mol. The van der Waals surface area contributed by atoms with E-state index in [0.717, 1.165) is 12.8 Å². The van der Waals surface area contributed by atoms with Crippen LogP contribution in [-0.2, 0) is 9.47 Å². The summed E-state index contributed by atoms with van der Waals surface area (Å²) in [6.45, 7) is 11.9. The monoisotopic (exact) mass is 259 g/mol. The summed E-state index contributed by atoms with van der Waals surface area (Å²) in [6, 6.07) is 0. The van der Waals surface area contributed by atoms with E-state index in [1.807, 2.05) is 20.1 Å². The quantitative estimate of drug-likeness (QED) is 0.414. The molecular weight excluding hydrogens is 234 g/mol. The molecule has 0 N–H and O–H groups in total. The Morgan fingerprint density at radius 1 is 1.24 bits per heavy atom. The van der Waals surface area contributed by atoms with Crippen LogP contribution in [0.25, 0.3) is 0 Å². The van der Waals surface area contributed by atoms with Gasteiger partial charge in [-0.2, -0.15) is 0 Å². The van der Waals surface area contributed by atoms with Crippen LogP contribution in [0, 0.1) is 5.92 Å². The molecule has 0 unspecified atom stereocenters. The molecule has 1 fully saturated rings. The van der Waals surface area contributed by atoms with Crippen LogP contribution in [0.4, 0.5) is 0 Å². The van der Waals surface area contributed by atoms with Crippen molar-refractivity contribution in [2.75, 3.05) is 13.2 Å². The lowest BCUT2D eigenvalue weighted by molar-refractivity contribution is -0.282. The molecule has 0 bridgehead atoms. The SMILES string of the molecule is CCOC1(OCC)CC(/C=N/SC(C)(C)C)C1. The van der Waals surface area contributed by atoms with Gasteiger partial charge in [-0.3, -0.25) is 0 Å². The van der Waals surface area contributed by atoms with Crippen molar-refractivity contribution in [3.63, 3.8) is 0 Å². The summed E-state index contributed by atoms with van der Waals surface area (Å²) in [6.07, 6.45) is 3.91. The molecule has 0 radical (unpaired) electrons. The second-order valence-electron chi connectivity index (χ2n) is 5.40. The second kappa shape index (κ2) is 6.21. The number of ether oxygens (including phenoxy) is 2. The van der Waals surface area contributed by atoms with Crippen molar-refractivity contribution in [3.8, 4) is 0 Å². The highest BCUT2D eigenvalue weighted by atomic mass is 32.2. The lowest BCUT2D eigenvalue weighted by Gasteiger charge is -2.45. The Hall–Kier alpha value is -0.0600. The Labute approximate surface area is 109 Å². The molecular formula is C13H25NO2S.